The van der Waals surface area contributed by atoms with E-state index in [2.05, 4.69) is 10.3 Å². The van der Waals surface area contributed by atoms with E-state index in [0.717, 1.165) is 39.0 Å². The molecule has 29 heavy (non-hydrogen) atoms. The van der Waals surface area contributed by atoms with Gasteiger partial charge >= 0.3 is 0 Å². The molecule has 1 aliphatic heterocycles. The van der Waals surface area contributed by atoms with Crippen molar-refractivity contribution in [1.29, 1.82) is 0 Å². The van der Waals surface area contributed by atoms with E-state index in [0.29, 0.717) is 12.0 Å². The molecule has 140 valence electrons. The van der Waals surface area contributed by atoms with Crippen molar-refractivity contribution in [3.63, 3.8) is 0 Å². The Morgan fingerprint density at radius 2 is 1.72 bits per heavy atom. The molecular weight excluding hydrogens is 360 g/mol. The largest absolute Gasteiger partial charge is 0.354 e. The number of aromatic nitrogens is 1. The van der Waals surface area contributed by atoms with Gasteiger partial charge in [-0.2, -0.15) is 0 Å². The van der Waals surface area contributed by atoms with Crippen molar-refractivity contribution < 1.29 is 9.59 Å². The minimum absolute atomic E-state index is 0.0303. The van der Waals surface area contributed by atoms with Crippen molar-refractivity contribution in [3.8, 4) is 11.3 Å². The number of ketones is 1. The number of rotatable bonds is 3. The minimum Gasteiger partial charge on any atom is -0.354 e. The van der Waals surface area contributed by atoms with Gasteiger partial charge in [-0.25, -0.2) is 0 Å². The quantitative estimate of drug-likeness (QED) is 0.379. The second-order valence-electron chi connectivity index (χ2n) is 7.12. The fourth-order valence-electron chi connectivity index (χ4n) is 3.82. The van der Waals surface area contributed by atoms with Gasteiger partial charge in [0.15, 0.2) is 5.78 Å². The average molecular weight is 378 g/mol. The summed E-state index contributed by atoms with van der Waals surface area (Å²) in [5, 5.41) is 4.05. The first kappa shape index (κ1) is 17.2. The van der Waals surface area contributed by atoms with Gasteiger partial charge in [-0.1, -0.05) is 60.7 Å². The number of H-pyrrole nitrogens is 1. The molecular formula is C25H18N2O2. The molecule has 5 rings (SSSR count). The first-order valence-electron chi connectivity index (χ1n) is 9.50. The number of carbonyl (C=O) groups is 2. The highest BCUT2D eigenvalue weighted by atomic mass is 16.1. The van der Waals surface area contributed by atoms with Gasteiger partial charge in [-0.15, -0.1) is 0 Å². The first-order valence-corrected chi connectivity index (χ1v) is 9.50. The summed E-state index contributed by atoms with van der Waals surface area (Å²) in [4.78, 5) is 28.3. The molecule has 0 fully saturated rings. The number of anilines is 1. The van der Waals surface area contributed by atoms with Gasteiger partial charge in [-0.05, 0) is 35.4 Å². The highest BCUT2D eigenvalue weighted by Crippen LogP contribution is 2.38. The number of hydrogen-bond acceptors (Lipinski definition) is 2. The predicted octanol–water partition coefficient (Wildman–Crippen LogP) is 5.23. The number of allylic oxidation sites excluding steroid dienone is 1. The van der Waals surface area contributed by atoms with Crippen molar-refractivity contribution in [2.45, 2.75) is 6.42 Å². The van der Waals surface area contributed by atoms with Gasteiger partial charge in [0.1, 0.15) is 0 Å². The SMILES string of the molecule is O=C1Cc2c([nH]c3ccccc23)-c2cc(/C=C/C(=O)c3ccccc3)ccc2N1. The molecule has 2 N–H and O–H groups in total. The van der Waals surface area contributed by atoms with Crippen LogP contribution in [-0.4, -0.2) is 16.7 Å². The van der Waals surface area contributed by atoms with Gasteiger partial charge in [0.2, 0.25) is 5.91 Å². The van der Waals surface area contributed by atoms with Gasteiger partial charge in [0.05, 0.1) is 17.8 Å². The molecule has 1 amide bonds. The van der Waals surface area contributed by atoms with Crippen LogP contribution in [0.1, 0.15) is 21.5 Å². The van der Waals surface area contributed by atoms with E-state index in [4.69, 9.17) is 0 Å². The van der Waals surface area contributed by atoms with Crippen molar-refractivity contribution >= 4 is 34.4 Å². The molecule has 0 unspecified atom stereocenters. The van der Waals surface area contributed by atoms with Crippen LogP contribution in [0.25, 0.3) is 28.2 Å². The summed E-state index contributed by atoms with van der Waals surface area (Å²) in [7, 11) is 0. The second kappa shape index (κ2) is 6.91. The number of aromatic amines is 1. The van der Waals surface area contributed by atoms with E-state index in [1.165, 1.54) is 0 Å². The van der Waals surface area contributed by atoms with Crippen molar-refractivity contribution in [1.82, 2.24) is 4.98 Å². The van der Waals surface area contributed by atoms with Crippen LogP contribution in [0.4, 0.5) is 5.69 Å². The molecule has 0 spiro atoms. The fourth-order valence-corrected chi connectivity index (χ4v) is 3.82. The Morgan fingerprint density at radius 3 is 2.59 bits per heavy atom. The molecule has 4 nitrogen and oxygen atoms in total. The normalized spacial score (nSPS) is 13.0. The van der Waals surface area contributed by atoms with Crippen LogP contribution in [0.5, 0.6) is 0 Å². The topological polar surface area (TPSA) is 62.0 Å². The molecule has 3 aromatic carbocycles. The second-order valence-corrected chi connectivity index (χ2v) is 7.12. The Hall–Kier alpha value is -3.92. The molecule has 4 heteroatoms. The molecule has 0 saturated carbocycles. The van der Waals surface area contributed by atoms with E-state index in [9.17, 15) is 9.59 Å². The van der Waals surface area contributed by atoms with Crippen LogP contribution in [0.2, 0.25) is 0 Å². The number of nitrogens with one attached hydrogen (secondary N) is 2. The molecule has 0 aliphatic carbocycles. The van der Waals surface area contributed by atoms with E-state index in [1.54, 1.807) is 18.2 Å². The highest BCUT2D eigenvalue weighted by molar-refractivity contribution is 6.08. The van der Waals surface area contributed by atoms with Crippen LogP contribution in [-0.2, 0) is 11.2 Å². The van der Waals surface area contributed by atoms with Crippen LogP contribution in [0.3, 0.4) is 0 Å². The number of hydrogen-bond donors (Lipinski definition) is 2. The van der Waals surface area contributed by atoms with Gasteiger partial charge < -0.3 is 10.3 Å². The Labute approximate surface area is 167 Å². The summed E-state index contributed by atoms with van der Waals surface area (Å²) in [5.74, 6) is -0.0718. The third-order valence-corrected chi connectivity index (χ3v) is 5.22. The zero-order valence-electron chi connectivity index (χ0n) is 15.6. The van der Waals surface area contributed by atoms with E-state index < -0.39 is 0 Å². The van der Waals surface area contributed by atoms with Crippen molar-refractivity contribution in [2.75, 3.05) is 5.32 Å². The Kier molecular flexibility index (Phi) is 4.10. The molecule has 0 saturated heterocycles. The summed E-state index contributed by atoms with van der Waals surface area (Å²) >= 11 is 0. The maximum absolute atomic E-state index is 12.4. The summed E-state index contributed by atoms with van der Waals surface area (Å²) in [6.07, 6.45) is 3.72. The van der Waals surface area contributed by atoms with Crippen LogP contribution < -0.4 is 5.32 Å². The minimum atomic E-state index is -0.0415. The lowest BCUT2D eigenvalue weighted by Crippen LogP contribution is -2.12. The molecule has 4 aromatic rings. The van der Waals surface area contributed by atoms with Gasteiger partial charge in [0.25, 0.3) is 0 Å². The molecule has 1 aromatic heterocycles. The van der Waals surface area contributed by atoms with E-state index >= 15 is 0 Å². The maximum atomic E-state index is 12.4. The molecule has 0 atom stereocenters. The lowest BCUT2D eigenvalue weighted by molar-refractivity contribution is -0.115. The molecule has 0 radical (unpaired) electrons. The molecule has 2 heterocycles. The number of amides is 1. The van der Waals surface area contributed by atoms with Crippen LogP contribution in [0, 0.1) is 0 Å². The van der Waals surface area contributed by atoms with E-state index in [1.807, 2.05) is 66.7 Å². The highest BCUT2D eigenvalue weighted by Gasteiger charge is 2.22. The monoisotopic (exact) mass is 378 g/mol. The average Bonchev–Trinajstić information content (AvgIpc) is 3.04. The number of benzene rings is 3. The maximum Gasteiger partial charge on any atom is 0.228 e. The third kappa shape index (κ3) is 3.15. The summed E-state index contributed by atoms with van der Waals surface area (Å²) in [5.41, 5.74) is 6.21. The third-order valence-electron chi connectivity index (χ3n) is 5.22. The number of carbonyl (C=O) groups excluding carboxylic acids is 2. The zero-order valence-corrected chi connectivity index (χ0v) is 15.6. The predicted molar refractivity (Wildman–Crippen MR) is 116 cm³/mol. The molecule has 1 aliphatic rings. The van der Waals surface area contributed by atoms with Gasteiger partial charge in [-0.3, -0.25) is 9.59 Å². The fraction of sp³-hybridized carbons (Fsp3) is 0.0400. The smallest absolute Gasteiger partial charge is 0.228 e. The summed E-state index contributed by atoms with van der Waals surface area (Å²) in [6.45, 7) is 0. The van der Waals surface area contributed by atoms with Crippen molar-refractivity contribution in [3.05, 3.63) is 95.6 Å². The summed E-state index contributed by atoms with van der Waals surface area (Å²) in [6, 6.07) is 23.0. The lowest BCUT2D eigenvalue weighted by Gasteiger charge is -2.08. The van der Waals surface area contributed by atoms with E-state index in [-0.39, 0.29) is 11.7 Å². The Balaban J connectivity index is 1.57. The lowest BCUT2D eigenvalue weighted by atomic mass is 10.0. The number of para-hydroxylation sites is 1. The first-order chi connectivity index (χ1) is 14.2. The van der Waals surface area contributed by atoms with Crippen molar-refractivity contribution in [2.24, 2.45) is 0 Å². The zero-order chi connectivity index (χ0) is 19.8. The Morgan fingerprint density at radius 1 is 0.931 bits per heavy atom. The molecule has 0 bridgehead atoms. The van der Waals surface area contributed by atoms with Gasteiger partial charge in [0, 0.05) is 22.0 Å². The Bertz CT molecular complexity index is 1280. The summed E-state index contributed by atoms with van der Waals surface area (Å²) < 4.78 is 0. The number of fused-ring (bicyclic) bond motifs is 5. The standard InChI is InChI=1S/C25H18N2O2/c28-23(17-6-2-1-3-7-17)13-11-16-10-12-22-20(14-16)25-19(15-24(29)26-22)18-8-4-5-9-21(18)27-25/h1-14,27H,15H2,(H,26,29)/b13-11+. The van der Waals surface area contributed by atoms with Crippen LogP contribution in [0.15, 0.2) is 78.9 Å². The van der Waals surface area contributed by atoms with Crippen LogP contribution >= 0.6 is 0 Å².